The first kappa shape index (κ1) is 31.3. The minimum atomic E-state index is -4.82. The van der Waals surface area contributed by atoms with Gasteiger partial charge in [0.2, 0.25) is 0 Å². The standard InChI is InChI=1S/C41H25F6N3/c1-23-12-14-31-29-8-4-6-10-33(29)49(35(31)16-23)37-21-27(41(45,46)47)22-38(39(37)25-18-26(40(42,43)44)20-28(19-25)48-3)50-34-11-7-5-9-30(34)32-15-13-24(2)17-36(32)50/h4-22H,1-2H3. The van der Waals surface area contributed by atoms with E-state index in [2.05, 4.69) is 4.85 Å². The Hall–Kier alpha value is -6.01. The molecule has 246 valence electrons. The molecule has 0 saturated heterocycles. The normalized spacial score (nSPS) is 12.4. The van der Waals surface area contributed by atoms with Gasteiger partial charge < -0.3 is 9.13 Å². The van der Waals surface area contributed by atoms with Crippen molar-refractivity contribution in [3.63, 3.8) is 0 Å². The highest BCUT2D eigenvalue weighted by atomic mass is 19.4. The van der Waals surface area contributed by atoms with E-state index in [-0.39, 0.29) is 28.2 Å². The first-order chi connectivity index (χ1) is 23.8. The van der Waals surface area contributed by atoms with Crippen molar-refractivity contribution in [1.82, 2.24) is 9.13 Å². The summed E-state index contributed by atoms with van der Waals surface area (Å²) in [6, 6.07) is 30.9. The van der Waals surface area contributed by atoms with E-state index in [1.807, 2.05) is 74.5 Å². The Balaban J connectivity index is 1.66. The number of rotatable bonds is 3. The zero-order valence-electron chi connectivity index (χ0n) is 26.6. The molecule has 0 radical (unpaired) electrons. The van der Waals surface area contributed by atoms with Gasteiger partial charge in [0.15, 0.2) is 5.69 Å². The van der Waals surface area contributed by atoms with E-state index in [9.17, 15) is 13.2 Å². The topological polar surface area (TPSA) is 14.2 Å². The lowest BCUT2D eigenvalue weighted by molar-refractivity contribution is -0.138. The summed E-state index contributed by atoms with van der Waals surface area (Å²) >= 11 is 0. The second kappa shape index (κ2) is 11.0. The third-order valence-electron chi connectivity index (χ3n) is 9.23. The number of halogens is 6. The first-order valence-electron chi connectivity index (χ1n) is 15.7. The lowest BCUT2D eigenvalue weighted by Gasteiger charge is -2.23. The van der Waals surface area contributed by atoms with Gasteiger partial charge in [-0.25, -0.2) is 4.85 Å². The van der Waals surface area contributed by atoms with Gasteiger partial charge in [-0.3, -0.25) is 0 Å². The van der Waals surface area contributed by atoms with Gasteiger partial charge in [0.05, 0.1) is 45.6 Å². The molecule has 0 aliphatic rings. The summed E-state index contributed by atoms with van der Waals surface area (Å²) in [6.07, 6.45) is -9.64. The molecule has 0 aliphatic heterocycles. The minimum Gasteiger partial charge on any atom is -0.309 e. The number of nitrogens with zero attached hydrogens (tertiary/aromatic N) is 3. The number of fused-ring (bicyclic) bond motifs is 6. The van der Waals surface area contributed by atoms with Crippen LogP contribution in [-0.4, -0.2) is 9.13 Å². The van der Waals surface area contributed by atoms with Gasteiger partial charge in [0.1, 0.15) is 0 Å². The summed E-state index contributed by atoms with van der Waals surface area (Å²) < 4.78 is 91.9. The van der Waals surface area contributed by atoms with Crippen LogP contribution in [0.4, 0.5) is 32.0 Å². The molecule has 0 unspecified atom stereocenters. The molecule has 0 saturated carbocycles. The molecule has 0 fully saturated rings. The van der Waals surface area contributed by atoms with Gasteiger partial charge in [-0.2, -0.15) is 26.3 Å². The number of aryl methyl sites for hydroxylation is 2. The van der Waals surface area contributed by atoms with Crippen molar-refractivity contribution in [3.05, 3.63) is 149 Å². The van der Waals surface area contributed by atoms with Gasteiger partial charge >= 0.3 is 12.4 Å². The van der Waals surface area contributed by atoms with Crippen LogP contribution in [0.25, 0.3) is 71.0 Å². The largest absolute Gasteiger partial charge is 0.416 e. The van der Waals surface area contributed by atoms with E-state index in [1.54, 1.807) is 33.4 Å². The van der Waals surface area contributed by atoms with Crippen LogP contribution < -0.4 is 0 Å². The van der Waals surface area contributed by atoms with Crippen LogP contribution in [-0.2, 0) is 12.4 Å². The van der Waals surface area contributed by atoms with Crippen molar-refractivity contribution in [2.45, 2.75) is 26.2 Å². The average molecular weight is 674 g/mol. The molecule has 6 aromatic carbocycles. The van der Waals surface area contributed by atoms with E-state index in [0.717, 1.165) is 56.9 Å². The van der Waals surface area contributed by atoms with Crippen LogP contribution in [0.2, 0.25) is 0 Å². The molecule has 9 heteroatoms. The van der Waals surface area contributed by atoms with Gasteiger partial charge in [0, 0.05) is 32.7 Å². The maximum absolute atomic E-state index is 15.1. The third kappa shape index (κ3) is 4.90. The Morgan fingerprint density at radius 3 is 1.40 bits per heavy atom. The smallest absolute Gasteiger partial charge is 0.309 e. The maximum atomic E-state index is 15.1. The van der Waals surface area contributed by atoms with E-state index >= 15 is 13.2 Å². The highest BCUT2D eigenvalue weighted by Crippen LogP contribution is 2.47. The highest BCUT2D eigenvalue weighted by Gasteiger charge is 2.36. The summed E-state index contributed by atoms with van der Waals surface area (Å²) in [6.45, 7) is 11.4. The average Bonchev–Trinajstić information content (AvgIpc) is 3.58. The molecule has 0 aliphatic carbocycles. The van der Waals surface area contributed by atoms with Crippen molar-refractivity contribution in [3.8, 4) is 22.5 Å². The number of aromatic nitrogens is 2. The molecule has 0 amide bonds. The predicted molar refractivity (Wildman–Crippen MR) is 186 cm³/mol. The molecule has 0 atom stereocenters. The molecule has 0 N–H and O–H groups in total. The molecule has 0 bridgehead atoms. The number of alkyl halides is 6. The number of hydrogen-bond acceptors (Lipinski definition) is 0. The van der Waals surface area contributed by atoms with E-state index < -0.39 is 23.5 Å². The van der Waals surface area contributed by atoms with Crippen LogP contribution in [0, 0.1) is 20.4 Å². The fourth-order valence-corrected chi connectivity index (χ4v) is 7.09. The van der Waals surface area contributed by atoms with Crippen LogP contribution in [0.1, 0.15) is 22.3 Å². The summed E-state index contributed by atoms with van der Waals surface area (Å²) in [5, 5.41) is 3.08. The van der Waals surface area contributed by atoms with Gasteiger partial charge in [-0.15, -0.1) is 0 Å². The molecular formula is C41H25F6N3. The van der Waals surface area contributed by atoms with Crippen molar-refractivity contribution in [2.24, 2.45) is 0 Å². The van der Waals surface area contributed by atoms with Crippen LogP contribution in [0.15, 0.2) is 115 Å². The van der Waals surface area contributed by atoms with Crippen molar-refractivity contribution < 1.29 is 26.3 Å². The molecular weight excluding hydrogens is 648 g/mol. The first-order valence-corrected chi connectivity index (χ1v) is 15.7. The second-order valence-corrected chi connectivity index (χ2v) is 12.5. The summed E-state index contributed by atoms with van der Waals surface area (Å²) in [5.74, 6) is 0. The maximum Gasteiger partial charge on any atom is 0.416 e. The minimum absolute atomic E-state index is 0.0282. The Bertz CT molecular complexity index is 2580. The quantitative estimate of drug-likeness (QED) is 0.131. The zero-order valence-corrected chi connectivity index (χ0v) is 26.6. The Labute approximate surface area is 282 Å². The monoisotopic (exact) mass is 673 g/mol. The summed E-state index contributed by atoms with van der Waals surface area (Å²) in [4.78, 5) is 3.35. The SMILES string of the molecule is [C-]#[N+]c1cc(-c2c(-n3c4ccccc4c4ccc(C)cc43)cc(C(F)(F)F)cc2-n2c3ccccc3c3ccc(C)cc32)cc(C(F)(F)F)c1. The zero-order chi connectivity index (χ0) is 35.1. The fourth-order valence-electron chi connectivity index (χ4n) is 7.09. The van der Waals surface area contributed by atoms with Crippen LogP contribution >= 0.6 is 0 Å². The number of para-hydroxylation sites is 2. The molecule has 50 heavy (non-hydrogen) atoms. The fraction of sp³-hybridized carbons (Fsp3) is 0.0976. The molecule has 8 rings (SSSR count). The Kier molecular flexibility index (Phi) is 6.88. The van der Waals surface area contributed by atoms with Crippen molar-refractivity contribution >= 4 is 49.3 Å². The highest BCUT2D eigenvalue weighted by molar-refractivity contribution is 6.12. The molecule has 8 aromatic rings. The van der Waals surface area contributed by atoms with Gasteiger partial charge in [-0.05, 0) is 85.1 Å². The van der Waals surface area contributed by atoms with E-state index in [4.69, 9.17) is 6.57 Å². The molecule has 3 nitrogen and oxygen atoms in total. The Morgan fingerprint density at radius 1 is 0.500 bits per heavy atom. The lowest BCUT2D eigenvalue weighted by atomic mass is 9.95. The summed E-state index contributed by atoms with van der Waals surface area (Å²) in [5.41, 5.74) is 1.83. The lowest BCUT2D eigenvalue weighted by Crippen LogP contribution is -2.12. The number of benzene rings is 6. The van der Waals surface area contributed by atoms with Crippen LogP contribution in [0.3, 0.4) is 0 Å². The molecule has 2 heterocycles. The predicted octanol–water partition coefficient (Wildman–Crippen LogP) is 12.8. The van der Waals surface area contributed by atoms with Gasteiger partial charge in [-0.1, -0.05) is 60.7 Å². The van der Waals surface area contributed by atoms with Gasteiger partial charge in [0.25, 0.3) is 0 Å². The van der Waals surface area contributed by atoms with E-state index in [1.165, 1.54) is 6.07 Å². The molecule has 0 spiro atoms. The second-order valence-electron chi connectivity index (χ2n) is 12.5. The Morgan fingerprint density at radius 2 is 0.940 bits per heavy atom. The van der Waals surface area contributed by atoms with Crippen molar-refractivity contribution in [2.75, 3.05) is 0 Å². The van der Waals surface area contributed by atoms with E-state index in [0.29, 0.717) is 22.1 Å². The third-order valence-corrected chi connectivity index (χ3v) is 9.23. The van der Waals surface area contributed by atoms with Crippen molar-refractivity contribution in [1.29, 1.82) is 0 Å². The van der Waals surface area contributed by atoms with Crippen LogP contribution in [0.5, 0.6) is 0 Å². The number of hydrogen-bond donors (Lipinski definition) is 0. The molecule has 2 aromatic heterocycles. The summed E-state index contributed by atoms with van der Waals surface area (Å²) in [7, 11) is 0.